The molecule has 0 unspecified atom stereocenters. The Bertz CT molecular complexity index is 387. The highest BCUT2D eigenvalue weighted by atomic mass is 35.5. The van der Waals surface area contributed by atoms with E-state index in [1.807, 2.05) is 0 Å². The van der Waals surface area contributed by atoms with E-state index in [0.29, 0.717) is 23.9 Å². The number of nitro groups is 1. The van der Waals surface area contributed by atoms with Crippen LogP contribution in [0.2, 0.25) is 5.02 Å². The van der Waals surface area contributed by atoms with Crippen molar-refractivity contribution >= 4 is 23.0 Å². The summed E-state index contributed by atoms with van der Waals surface area (Å²) in [6.07, 6.45) is 0. The molecule has 2 N–H and O–H groups in total. The van der Waals surface area contributed by atoms with E-state index in [-0.39, 0.29) is 18.9 Å². The zero-order valence-electron chi connectivity index (χ0n) is 9.06. The Morgan fingerprint density at radius 3 is 2.88 bits per heavy atom. The average molecular weight is 261 g/mol. The van der Waals surface area contributed by atoms with Crippen molar-refractivity contribution in [3.8, 4) is 0 Å². The molecule has 94 valence electrons. The molecule has 7 heteroatoms. The topological polar surface area (TPSA) is 84.6 Å². The first-order chi connectivity index (χ1) is 8.15. The van der Waals surface area contributed by atoms with Gasteiger partial charge in [0.05, 0.1) is 24.7 Å². The van der Waals surface area contributed by atoms with Gasteiger partial charge in [-0.15, -0.1) is 0 Å². The van der Waals surface area contributed by atoms with Crippen molar-refractivity contribution in [2.75, 3.05) is 31.7 Å². The molecule has 1 aromatic carbocycles. The Morgan fingerprint density at radius 1 is 1.47 bits per heavy atom. The third kappa shape index (κ3) is 4.56. The molecule has 0 heterocycles. The molecule has 0 saturated carbocycles. The first-order valence-electron chi connectivity index (χ1n) is 5.01. The molecule has 0 saturated heterocycles. The zero-order valence-corrected chi connectivity index (χ0v) is 9.81. The second-order valence-electron chi connectivity index (χ2n) is 3.18. The number of nitrogens with one attached hydrogen (secondary N) is 1. The number of hydrogen-bond acceptors (Lipinski definition) is 5. The SMILES string of the molecule is O=[N+]([O-])c1ccc(Cl)cc1NCCOCCO. The summed E-state index contributed by atoms with van der Waals surface area (Å²) < 4.78 is 5.02. The van der Waals surface area contributed by atoms with E-state index in [2.05, 4.69) is 5.32 Å². The molecular weight excluding hydrogens is 248 g/mol. The first-order valence-corrected chi connectivity index (χ1v) is 5.39. The zero-order chi connectivity index (χ0) is 12.7. The van der Waals surface area contributed by atoms with Crippen LogP contribution in [0, 0.1) is 10.1 Å². The van der Waals surface area contributed by atoms with Gasteiger partial charge in [-0.05, 0) is 12.1 Å². The van der Waals surface area contributed by atoms with Crippen LogP contribution < -0.4 is 5.32 Å². The monoisotopic (exact) mass is 260 g/mol. The predicted molar refractivity (Wildman–Crippen MR) is 64.5 cm³/mol. The summed E-state index contributed by atoms with van der Waals surface area (Å²) in [6.45, 7) is 0.960. The van der Waals surface area contributed by atoms with Crippen LogP contribution in [-0.2, 0) is 4.74 Å². The van der Waals surface area contributed by atoms with Crippen molar-refractivity contribution in [1.29, 1.82) is 0 Å². The summed E-state index contributed by atoms with van der Waals surface area (Å²) in [5.41, 5.74) is 0.326. The van der Waals surface area contributed by atoms with Crippen LogP contribution in [0.25, 0.3) is 0 Å². The van der Waals surface area contributed by atoms with Crippen LogP contribution in [0.4, 0.5) is 11.4 Å². The smallest absolute Gasteiger partial charge is 0.292 e. The number of nitro benzene ring substituents is 1. The normalized spacial score (nSPS) is 10.2. The minimum atomic E-state index is -0.479. The third-order valence-electron chi connectivity index (χ3n) is 1.95. The summed E-state index contributed by atoms with van der Waals surface area (Å²) >= 11 is 5.76. The highest BCUT2D eigenvalue weighted by molar-refractivity contribution is 6.31. The number of ether oxygens (including phenoxy) is 1. The molecule has 0 aliphatic rings. The van der Waals surface area contributed by atoms with Crippen LogP contribution in [0.15, 0.2) is 18.2 Å². The van der Waals surface area contributed by atoms with Crippen LogP contribution in [0.1, 0.15) is 0 Å². The average Bonchev–Trinajstić information content (AvgIpc) is 2.28. The van der Waals surface area contributed by atoms with Crippen molar-refractivity contribution in [3.05, 3.63) is 33.3 Å². The van der Waals surface area contributed by atoms with E-state index in [1.54, 1.807) is 0 Å². The van der Waals surface area contributed by atoms with Gasteiger partial charge in [0.1, 0.15) is 5.69 Å². The maximum Gasteiger partial charge on any atom is 0.292 e. The molecule has 0 atom stereocenters. The largest absolute Gasteiger partial charge is 0.394 e. The van der Waals surface area contributed by atoms with Gasteiger partial charge in [-0.25, -0.2) is 0 Å². The fourth-order valence-electron chi connectivity index (χ4n) is 1.23. The van der Waals surface area contributed by atoms with Crippen LogP contribution in [0.3, 0.4) is 0 Å². The van der Waals surface area contributed by atoms with Gasteiger partial charge in [0.15, 0.2) is 0 Å². The Labute approximate surface area is 103 Å². The van der Waals surface area contributed by atoms with Gasteiger partial charge in [-0.3, -0.25) is 10.1 Å². The minimum absolute atomic E-state index is 0.0310. The number of benzene rings is 1. The Balaban J connectivity index is 2.56. The van der Waals surface area contributed by atoms with Crippen molar-refractivity contribution in [1.82, 2.24) is 0 Å². The Hall–Kier alpha value is -1.37. The molecule has 0 bridgehead atoms. The Morgan fingerprint density at radius 2 is 2.24 bits per heavy atom. The number of hydrogen-bond donors (Lipinski definition) is 2. The number of anilines is 1. The van der Waals surface area contributed by atoms with Crippen LogP contribution >= 0.6 is 11.6 Å². The Kier molecular flexibility index (Phi) is 5.68. The van der Waals surface area contributed by atoms with Crippen molar-refractivity contribution in [2.24, 2.45) is 0 Å². The number of halogens is 1. The fourth-order valence-corrected chi connectivity index (χ4v) is 1.41. The second-order valence-corrected chi connectivity index (χ2v) is 3.62. The van der Waals surface area contributed by atoms with E-state index in [1.165, 1.54) is 18.2 Å². The van der Waals surface area contributed by atoms with Gasteiger partial charge in [0.2, 0.25) is 0 Å². The van der Waals surface area contributed by atoms with E-state index in [0.717, 1.165) is 0 Å². The lowest BCUT2D eigenvalue weighted by Crippen LogP contribution is -2.12. The van der Waals surface area contributed by atoms with E-state index < -0.39 is 4.92 Å². The van der Waals surface area contributed by atoms with Gasteiger partial charge in [0, 0.05) is 17.6 Å². The third-order valence-corrected chi connectivity index (χ3v) is 2.19. The van der Waals surface area contributed by atoms with Gasteiger partial charge < -0.3 is 15.2 Å². The molecule has 0 aromatic heterocycles. The van der Waals surface area contributed by atoms with Crippen molar-refractivity contribution in [3.63, 3.8) is 0 Å². The molecule has 6 nitrogen and oxygen atoms in total. The second kappa shape index (κ2) is 7.05. The number of aliphatic hydroxyl groups excluding tert-OH is 1. The molecule has 1 aromatic rings. The van der Waals surface area contributed by atoms with E-state index >= 15 is 0 Å². The molecule has 17 heavy (non-hydrogen) atoms. The molecular formula is C10H13ClN2O4. The van der Waals surface area contributed by atoms with Gasteiger partial charge >= 0.3 is 0 Å². The maximum atomic E-state index is 10.7. The summed E-state index contributed by atoms with van der Waals surface area (Å²) in [7, 11) is 0. The molecule has 0 radical (unpaired) electrons. The van der Waals surface area contributed by atoms with Gasteiger partial charge in [-0.1, -0.05) is 11.6 Å². The highest BCUT2D eigenvalue weighted by Gasteiger charge is 2.12. The number of rotatable bonds is 7. The minimum Gasteiger partial charge on any atom is -0.394 e. The fraction of sp³-hybridized carbons (Fsp3) is 0.400. The lowest BCUT2D eigenvalue weighted by atomic mass is 10.2. The van der Waals surface area contributed by atoms with Gasteiger partial charge in [-0.2, -0.15) is 0 Å². The number of aliphatic hydroxyl groups is 1. The quantitative estimate of drug-likeness (QED) is 0.443. The summed E-state index contributed by atoms with van der Waals surface area (Å²) in [5, 5.41) is 22.5. The van der Waals surface area contributed by atoms with E-state index in [9.17, 15) is 10.1 Å². The standard InChI is InChI=1S/C10H13ClN2O4/c11-8-1-2-10(13(15)16)9(7-8)12-3-5-17-6-4-14/h1-2,7,12,14H,3-6H2. The summed E-state index contributed by atoms with van der Waals surface area (Å²) in [4.78, 5) is 10.2. The van der Waals surface area contributed by atoms with Crippen LogP contribution in [-0.4, -0.2) is 36.4 Å². The van der Waals surface area contributed by atoms with Crippen LogP contribution in [0.5, 0.6) is 0 Å². The summed E-state index contributed by atoms with van der Waals surface area (Å²) in [6, 6.07) is 4.30. The molecule has 0 fully saturated rings. The molecule has 0 amide bonds. The highest BCUT2D eigenvalue weighted by Crippen LogP contribution is 2.27. The van der Waals surface area contributed by atoms with Crippen molar-refractivity contribution in [2.45, 2.75) is 0 Å². The predicted octanol–water partition coefficient (Wildman–Crippen LogP) is 1.67. The molecule has 0 spiro atoms. The van der Waals surface area contributed by atoms with E-state index in [4.69, 9.17) is 21.4 Å². The first kappa shape index (κ1) is 13.7. The van der Waals surface area contributed by atoms with Gasteiger partial charge in [0.25, 0.3) is 5.69 Å². The maximum absolute atomic E-state index is 10.7. The number of nitrogens with zero attached hydrogens (tertiary/aromatic N) is 1. The lowest BCUT2D eigenvalue weighted by molar-refractivity contribution is -0.384. The molecule has 0 aliphatic carbocycles. The molecule has 0 aliphatic heterocycles. The lowest BCUT2D eigenvalue weighted by Gasteiger charge is -2.07. The summed E-state index contributed by atoms with van der Waals surface area (Å²) in [5.74, 6) is 0. The molecule has 1 rings (SSSR count). The van der Waals surface area contributed by atoms with Crippen molar-refractivity contribution < 1.29 is 14.8 Å².